The maximum Gasteiger partial charge on any atom is 0.0800 e. The Labute approximate surface area is 80.7 Å². The first kappa shape index (κ1) is 11.1. The quantitative estimate of drug-likeness (QED) is 0.443. The minimum absolute atomic E-state index is 0.140. The van der Waals surface area contributed by atoms with Crippen molar-refractivity contribution in [2.45, 2.75) is 25.0 Å². The lowest BCUT2D eigenvalue weighted by Crippen LogP contribution is -2.44. The van der Waals surface area contributed by atoms with Crippen LogP contribution < -0.4 is 10.0 Å². The number of hydrogen-bond acceptors (Lipinski definition) is 3. The summed E-state index contributed by atoms with van der Waals surface area (Å²) >= 11 is 0. The van der Waals surface area contributed by atoms with Crippen molar-refractivity contribution >= 4 is 10.1 Å². The molecule has 4 nitrogen and oxygen atoms in total. The molecule has 0 aromatic carbocycles. The standard InChI is InChI=1S/C8H20N2O2S/c1-9-13(2,12)6-8(11)7-4-3-5-10-7/h7-8,10-11,13H,3-6H2,1-2H3,(H,9,12)/t7-,8+/m0/s1. The molecule has 0 unspecified atom stereocenters. The molecule has 3 N–H and O–H groups in total. The van der Waals surface area contributed by atoms with Gasteiger partial charge in [0.1, 0.15) is 0 Å². The number of nitrogens with one attached hydrogen (secondary N) is 2. The van der Waals surface area contributed by atoms with Gasteiger partial charge >= 0.3 is 0 Å². The third-order valence-electron chi connectivity index (χ3n) is 2.57. The van der Waals surface area contributed by atoms with E-state index in [4.69, 9.17) is 0 Å². The maximum atomic E-state index is 11.7. The van der Waals surface area contributed by atoms with Gasteiger partial charge in [0.15, 0.2) is 0 Å². The van der Waals surface area contributed by atoms with Crippen LogP contribution in [0.2, 0.25) is 0 Å². The number of rotatable bonds is 4. The molecule has 0 radical (unpaired) electrons. The van der Waals surface area contributed by atoms with Gasteiger partial charge in [-0.05, 0) is 26.4 Å². The SMILES string of the molecule is CN[SH](C)(=O)C[C@@H](O)[C@@H]1CCCN1. The van der Waals surface area contributed by atoms with Gasteiger partial charge in [-0.15, -0.1) is 0 Å². The van der Waals surface area contributed by atoms with Crippen LogP contribution in [-0.4, -0.2) is 47.1 Å². The van der Waals surface area contributed by atoms with E-state index in [9.17, 15) is 9.32 Å². The lowest BCUT2D eigenvalue weighted by Gasteiger charge is -2.25. The Hall–Kier alpha value is 0.0300. The molecule has 0 aromatic heterocycles. The molecule has 0 amide bonds. The highest BCUT2D eigenvalue weighted by Crippen LogP contribution is 2.11. The topological polar surface area (TPSA) is 61.4 Å². The van der Waals surface area contributed by atoms with Gasteiger partial charge in [0.05, 0.1) is 6.10 Å². The van der Waals surface area contributed by atoms with E-state index in [1.54, 1.807) is 13.3 Å². The zero-order valence-electron chi connectivity index (χ0n) is 8.29. The molecule has 0 aliphatic carbocycles. The van der Waals surface area contributed by atoms with E-state index in [0.29, 0.717) is 5.75 Å². The third kappa shape index (κ3) is 3.34. The smallest absolute Gasteiger partial charge is 0.0800 e. The summed E-state index contributed by atoms with van der Waals surface area (Å²) in [5.41, 5.74) is 0. The first-order valence-corrected chi connectivity index (χ1v) is 7.06. The molecule has 0 saturated carbocycles. The molecule has 80 valence electrons. The average Bonchev–Trinajstić information content (AvgIpc) is 2.55. The predicted octanol–water partition coefficient (Wildman–Crippen LogP) is -1.12. The van der Waals surface area contributed by atoms with Gasteiger partial charge in [-0.3, -0.25) is 8.93 Å². The zero-order valence-corrected chi connectivity index (χ0v) is 9.18. The van der Waals surface area contributed by atoms with E-state index in [2.05, 4.69) is 10.0 Å². The van der Waals surface area contributed by atoms with Crippen LogP contribution in [0.4, 0.5) is 0 Å². The average molecular weight is 208 g/mol. The van der Waals surface area contributed by atoms with E-state index in [0.717, 1.165) is 19.4 Å². The molecule has 0 bridgehead atoms. The molecule has 0 aromatic rings. The van der Waals surface area contributed by atoms with Gasteiger partial charge in [0.25, 0.3) is 0 Å². The molecule has 13 heavy (non-hydrogen) atoms. The van der Waals surface area contributed by atoms with Crippen LogP contribution in [0.5, 0.6) is 0 Å². The summed E-state index contributed by atoms with van der Waals surface area (Å²) < 4.78 is 14.4. The van der Waals surface area contributed by atoms with Gasteiger partial charge in [-0.25, -0.2) is 0 Å². The highest BCUT2D eigenvalue weighted by molar-refractivity contribution is 8.00. The number of aliphatic hydroxyl groups is 1. The van der Waals surface area contributed by atoms with Crippen LogP contribution in [0.15, 0.2) is 0 Å². The summed E-state index contributed by atoms with van der Waals surface area (Å²) in [6.07, 6.45) is 3.29. The van der Waals surface area contributed by atoms with Gasteiger partial charge in [-0.1, -0.05) is 10.1 Å². The molecule has 1 saturated heterocycles. The highest BCUT2D eigenvalue weighted by Gasteiger charge is 2.25. The second-order valence-corrected chi connectivity index (χ2v) is 6.79. The Morgan fingerprint density at radius 2 is 2.46 bits per heavy atom. The van der Waals surface area contributed by atoms with Crippen molar-refractivity contribution in [3.05, 3.63) is 0 Å². The van der Waals surface area contributed by atoms with Crippen LogP contribution in [0.3, 0.4) is 0 Å². The molecule has 2 atom stereocenters. The zero-order chi connectivity index (χ0) is 9.90. The number of aliphatic hydroxyl groups excluding tert-OH is 1. The fraction of sp³-hybridized carbons (Fsp3) is 1.00. The monoisotopic (exact) mass is 208 g/mol. The molecule has 1 rings (SSSR count). The fourth-order valence-electron chi connectivity index (χ4n) is 1.62. The van der Waals surface area contributed by atoms with Crippen LogP contribution in [-0.2, 0) is 10.1 Å². The van der Waals surface area contributed by atoms with E-state index in [1.807, 2.05) is 0 Å². The van der Waals surface area contributed by atoms with Crippen molar-refractivity contribution in [3.8, 4) is 0 Å². The summed E-state index contributed by atoms with van der Waals surface area (Å²) in [7, 11) is -0.646. The third-order valence-corrected chi connectivity index (χ3v) is 4.59. The molecule has 1 aliphatic heterocycles. The van der Waals surface area contributed by atoms with Gasteiger partial charge < -0.3 is 10.4 Å². The molecule has 0 spiro atoms. The second kappa shape index (κ2) is 4.50. The molecule has 1 heterocycles. The Kier molecular flexibility index (Phi) is 3.85. The predicted molar refractivity (Wildman–Crippen MR) is 56.4 cm³/mol. The van der Waals surface area contributed by atoms with Crippen molar-refractivity contribution < 1.29 is 9.32 Å². The Bertz CT molecular complexity index is 204. The van der Waals surface area contributed by atoms with Crippen LogP contribution in [0, 0.1) is 0 Å². The van der Waals surface area contributed by atoms with Gasteiger partial charge in [-0.2, -0.15) is 0 Å². The largest absolute Gasteiger partial charge is 0.391 e. The number of hydrogen-bond donors (Lipinski definition) is 4. The first-order valence-electron chi connectivity index (χ1n) is 4.72. The second-order valence-electron chi connectivity index (χ2n) is 3.78. The Morgan fingerprint density at radius 3 is 2.92 bits per heavy atom. The highest BCUT2D eigenvalue weighted by atomic mass is 32.3. The summed E-state index contributed by atoms with van der Waals surface area (Å²) in [4.78, 5) is 0. The Morgan fingerprint density at radius 1 is 1.77 bits per heavy atom. The van der Waals surface area contributed by atoms with Crippen molar-refractivity contribution in [2.75, 3.05) is 25.6 Å². The summed E-state index contributed by atoms with van der Waals surface area (Å²) in [6, 6.07) is 0.140. The number of thiol groups is 1. The van der Waals surface area contributed by atoms with E-state index < -0.39 is 16.2 Å². The first-order chi connectivity index (χ1) is 6.05. The van der Waals surface area contributed by atoms with E-state index in [1.165, 1.54) is 0 Å². The molecular formula is C8H20N2O2S. The van der Waals surface area contributed by atoms with E-state index >= 15 is 0 Å². The Balaban J connectivity index is 2.39. The van der Waals surface area contributed by atoms with Crippen molar-refractivity contribution in [3.63, 3.8) is 0 Å². The van der Waals surface area contributed by atoms with Gasteiger partial charge in [0.2, 0.25) is 0 Å². The molecule has 1 fully saturated rings. The van der Waals surface area contributed by atoms with Crippen molar-refractivity contribution in [2.24, 2.45) is 0 Å². The van der Waals surface area contributed by atoms with Crippen molar-refractivity contribution in [1.82, 2.24) is 10.0 Å². The molecular weight excluding hydrogens is 188 g/mol. The van der Waals surface area contributed by atoms with Gasteiger partial charge in [0, 0.05) is 18.1 Å². The van der Waals surface area contributed by atoms with Crippen LogP contribution in [0.1, 0.15) is 12.8 Å². The summed E-state index contributed by atoms with van der Waals surface area (Å²) in [5.74, 6) is 0.362. The summed E-state index contributed by atoms with van der Waals surface area (Å²) in [5, 5.41) is 12.9. The van der Waals surface area contributed by atoms with Crippen LogP contribution in [0.25, 0.3) is 0 Å². The minimum Gasteiger partial charge on any atom is -0.391 e. The lowest BCUT2D eigenvalue weighted by atomic mass is 10.1. The fourth-order valence-corrected chi connectivity index (χ4v) is 2.77. The van der Waals surface area contributed by atoms with E-state index in [-0.39, 0.29) is 6.04 Å². The normalized spacial score (nSPS) is 27.5. The minimum atomic E-state index is -2.32. The summed E-state index contributed by atoms with van der Waals surface area (Å²) in [6.45, 7) is 0.968. The molecule has 1 aliphatic rings. The van der Waals surface area contributed by atoms with Crippen molar-refractivity contribution in [1.29, 1.82) is 0 Å². The van der Waals surface area contributed by atoms with Crippen LogP contribution >= 0.6 is 0 Å². The lowest BCUT2D eigenvalue weighted by molar-refractivity contribution is 0.157. The maximum absolute atomic E-state index is 11.7. The molecule has 5 heteroatoms.